The first kappa shape index (κ1) is 22.2. The minimum atomic E-state index is -0.631. The molecule has 7 nitrogen and oxygen atoms in total. The van der Waals surface area contributed by atoms with Crippen LogP contribution in [0.5, 0.6) is 0 Å². The fourth-order valence-electron chi connectivity index (χ4n) is 3.58. The summed E-state index contributed by atoms with van der Waals surface area (Å²) in [7, 11) is 0. The van der Waals surface area contributed by atoms with Crippen molar-refractivity contribution < 1.29 is 14.0 Å². The molecule has 1 aromatic carbocycles. The molecule has 162 valence electrons. The Kier molecular flexibility index (Phi) is 7.75. The maximum absolute atomic E-state index is 13.4. The lowest BCUT2D eigenvalue weighted by Gasteiger charge is -2.31. The van der Waals surface area contributed by atoms with Crippen molar-refractivity contribution in [3.05, 3.63) is 46.7 Å². The predicted octanol–water partition coefficient (Wildman–Crippen LogP) is 2.25. The average molecular weight is 434 g/mol. The molecule has 3 rings (SSSR count). The molecule has 30 heavy (non-hydrogen) atoms. The quantitative estimate of drug-likeness (QED) is 0.593. The number of halogens is 1. The van der Waals surface area contributed by atoms with Crippen LogP contribution in [0.25, 0.3) is 0 Å². The zero-order valence-corrected chi connectivity index (χ0v) is 17.9. The van der Waals surface area contributed by atoms with E-state index in [0.29, 0.717) is 17.2 Å². The molecule has 1 aromatic heterocycles. The number of carbonyl (C=O) groups excluding carboxylic acids is 2. The molecule has 0 radical (unpaired) electrons. The molecule has 1 fully saturated rings. The summed E-state index contributed by atoms with van der Waals surface area (Å²) in [5.74, 6) is -1.36. The number of piperidine rings is 1. The van der Waals surface area contributed by atoms with Gasteiger partial charge in [-0.3, -0.25) is 14.5 Å². The average Bonchev–Trinajstić information content (AvgIpc) is 3.18. The van der Waals surface area contributed by atoms with E-state index in [1.807, 2.05) is 6.92 Å². The second kappa shape index (κ2) is 10.5. The fraction of sp³-hybridized carbons (Fsp3) is 0.476. The van der Waals surface area contributed by atoms with Crippen LogP contribution in [-0.4, -0.2) is 47.4 Å². The molecule has 2 amide bonds. The number of aromatic nitrogens is 1. The van der Waals surface area contributed by atoms with E-state index in [1.165, 1.54) is 29.9 Å². The Hall–Kier alpha value is -2.52. The van der Waals surface area contributed by atoms with E-state index in [4.69, 9.17) is 5.73 Å². The number of nitrogens with one attached hydrogen (secondary N) is 2. The number of likely N-dealkylation sites (tertiary alicyclic amines) is 1. The van der Waals surface area contributed by atoms with E-state index in [-0.39, 0.29) is 30.2 Å². The topological polar surface area (TPSA) is 100 Å². The highest BCUT2D eigenvalue weighted by atomic mass is 32.1. The van der Waals surface area contributed by atoms with Crippen molar-refractivity contribution in [3.8, 4) is 0 Å². The summed E-state index contributed by atoms with van der Waals surface area (Å²) >= 11 is 1.30. The van der Waals surface area contributed by atoms with Crippen molar-refractivity contribution in [2.75, 3.05) is 25.4 Å². The number of nitrogens with zero attached hydrogens (tertiary/aromatic N) is 2. The van der Waals surface area contributed by atoms with Crippen LogP contribution in [0.3, 0.4) is 0 Å². The zero-order chi connectivity index (χ0) is 21.5. The number of thiazole rings is 1. The Morgan fingerprint density at radius 1 is 1.17 bits per heavy atom. The number of hydrogen-bond donors (Lipinski definition) is 3. The van der Waals surface area contributed by atoms with Gasteiger partial charge in [-0.25, -0.2) is 9.37 Å². The molecular weight excluding hydrogens is 405 g/mol. The molecule has 0 saturated carbocycles. The zero-order valence-electron chi connectivity index (χ0n) is 17.1. The number of nitrogen functional groups attached to an aromatic ring is 1. The Morgan fingerprint density at radius 2 is 1.87 bits per heavy atom. The van der Waals surface area contributed by atoms with Crippen LogP contribution in [0.2, 0.25) is 0 Å². The third-order valence-electron chi connectivity index (χ3n) is 5.40. The highest BCUT2D eigenvalue weighted by Gasteiger charge is 2.26. The van der Waals surface area contributed by atoms with Crippen molar-refractivity contribution in [1.82, 2.24) is 20.5 Å². The monoisotopic (exact) mass is 433 g/mol. The van der Waals surface area contributed by atoms with E-state index in [0.717, 1.165) is 30.8 Å². The summed E-state index contributed by atoms with van der Waals surface area (Å²) in [6.45, 7) is 4.15. The molecule has 0 spiro atoms. The molecule has 0 unspecified atom stereocenters. The Balaban J connectivity index is 1.63. The van der Waals surface area contributed by atoms with Gasteiger partial charge in [-0.2, -0.15) is 0 Å². The Labute approximate surface area is 179 Å². The molecule has 9 heteroatoms. The lowest BCUT2D eigenvalue weighted by Crippen LogP contribution is -2.48. The summed E-state index contributed by atoms with van der Waals surface area (Å²) < 4.78 is 13.4. The standard InChI is InChI=1S/C21H28FN5O2S/c1-14(27-9-3-2-4-10-27)19(28)25-13-18(15-5-7-16(22)8-6-15)20(29)24-11-17-12-26-21(23)30-17/h5-8,12,14,18H,2-4,9-11,13H2,1H3,(H2,23,26)(H,24,29)(H,25,28)/t14-,18-/m0/s1. The van der Waals surface area contributed by atoms with Crippen LogP contribution >= 0.6 is 11.3 Å². The Morgan fingerprint density at radius 3 is 2.50 bits per heavy atom. The minimum Gasteiger partial charge on any atom is -0.375 e. The maximum Gasteiger partial charge on any atom is 0.237 e. The smallest absolute Gasteiger partial charge is 0.237 e. The SMILES string of the molecule is C[C@@H](C(=O)NC[C@H](C(=O)NCc1cnc(N)s1)c1ccc(F)cc1)N1CCCCC1. The highest BCUT2D eigenvalue weighted by molar-refractivity contribution is 7.15. The number of nitrogens with two attached hydrogens (primary N) is 1. The van der Waals surface area contributed by atoms with Crippen molar-refractivity contribution >= 4 is 28.3 Å². The maximum atomic E-state index is 13.4. The summed E-state index contributed by atoms with van der Waals surface area (Å²) in [6, 6.07) is 5.53. The fourth-order valence-corrected chi connectivity index (χ4v) is 4.20. The van der Waals surface area contributed by atoms with Gasteiger partial charge in [0.25, 0.3) is 0 Å². The van der Waals surface area contributed by atoms with Crippen molar-refractivity contribution in [2.24, 2.45) is 0 Å². The lowest BCUT2D eigenvalue weighted by atomic mass is 9.97. The third kappa shape index (κ3) is 5.99. The van der Waals surface area contributed by atoms with Gasteiger partial charge < -0.3 is 16.4 Å². The van der Waals surface area contributed by atoms with Crippen molar-refractivity contribution in [1.29, 1.82) is 0 Å². The van der Waals surface area contributed by atoms with E-state index in [1.54, 1.807) is 18.3 Å². The number of carbonyl (C=O) groups is 2. The lowest BCUT2D eigenvalue weighted by molar-refractivity contribution is -0.126. The van der Waals surface area contributed by atoms with Gasteiger partial charge in [0.1, 0.15) is 5.82 Å². The predicted molar refractivity (Wildman–Crippen MR) is 115 cm³/mol. The van der Waals surface area contributed by atoms with Crippen LogP contribution in [-0.2, 0) is 16.1 Å². The van der Waals surface area contributed by atoms with Crippen LogP contribution in [0.15, 0.2) is 30.5 Å². The van der Waals surface area contributed by atoms with Gasteiger partial charge in [0.15, 0.2) is 5.13 Å². The molecule has 1 saturated heterocycles. The van der Waals surface area contributed by atoms with Gasteiger partial charge in [0.05, 0.1) is 18.5 Å². The summed E-state index contributed by atoms with van der Waals surface area (Å²) in [6.07, 6.45) is 5.01. The van der Waals surface area contributed by atoms with E-state index in [2.05, 4.69) is 20.5 Å². The molecule has 1 aliphatic heterocycles. The molecular formula is C21H28FN5O2S. The summed E-state index contributed by atoms with van der Waals surface area (Å²) in [5.41, 5.74) is 6.27. The normalized spacial score (nSPS) is 16.6. The van der Waals surface area contributed by atoms with E-state index >= 15 is 0 Å². The van der Waals surface area contributed by atoms with Crippen LogP contribution in [0, 0.1) is 5.82 Å². The van der Waals surface area contributed by atoms with Crippen molar-refractivity contribution in [3.63, 3.8) is 0 Å². The van der Waals surface area contributed by atoms with Crippen LogP contribution in [0.1, 0.15) is 42.5 Å². The number of benzene rings is 1. The third-order valence-corrected chi connectivity index (χ3v) is 6.22. The minimum absolute atomic E-state index is 0.105. The number of anilines is 1. The second-order valence-electron chi connectivity index (χ2n) is 7.50. The van der Waals surface area contributed by atoms with Crippen LogP contribution < -0.4 is 16.4 Å². The van der Waals surface area contributed by atoms with Crippen molar-refractivity contribution in [2.45, 2.75) is 44.7 Å². The molecule has 2 heterocycles. The van der Waals surface area contributed by atoms with Gasteiger partial charge in [-0.15, -0.1) is 11.3 Å². The second-order valence-corrected chi connectivity index (χ2v) is 8.65. The number of amides is 2. The first-order valence-electron chi connectivity index (χ1n) is 10.2. The summed E-state index contributed by atoms with van der Waals surface area (Å²) in [4.78, 5) is 32.5. The van der Waals surface area contributed by atoms with Gasteiger partial charge in [-0.1, -0.05) is 18.6 Å². The summed E-state index contributed by atoms with van der Waals surface area (Å²) in [5, 5.41) is 6.21. The Bertz CT molecular complexity index is 851. The molecule has 2 atom stereocenters. The molecule has 1 aliphatic rings. The molecule has 0 bridgehead atoms. The first-order chi connectivity index (χ1) is 14.4. The van der Waals surface area contributed by atoms with E-state index in [9.17, 15) is 14.0 Å². The number of rotatable bonds is 8. The number of hydrogen-bond acceptors (Lipinski definition) is 6. The highest BCUT2D eigenvalue weighted by Crippen LogP contribution is 2.19. The van der Waals surface area contributed by atoms with Gasteiger partial charge in [-0.05, 0) is 50.6 Å². The molecule has 0 aliphatic carbocycles. The molecule has 4 N–H and O–H groups in total. The van der Waals surface area contributed by atoms with Gasteiger partial charge in [0.2, 0.25) is 11.8 Å². The van der Waals surface area contributed by atoms with Gasteiger partial charge in [0, 0.05) is 17.6 Å². The van der Waals surface area contributed by atoms with Crippen LogP contribution in [0.4, 0.5) is 9.52 Å². The van der Waals surface area contributed by atoms with Gasteiger partial charge >= 0.3 is 0 Å². The molecule has 2 aromatic rings. The van der Waals surface area contributed by atoms with E-state index < -0.39 is 5.92 Å². The largest absolute Gasteiger partial charge is 0.375 e. The first-order valence-corrected chi connectivity index (χ1v) is 11.0.